The van der Waals surface area contributed by atoms with Crippen molar-refractivity contribution >= 4 is 23.8 Å². The average Bonchev–Trinajstić information content (AvgIpc) is 2.44. The number of methoxy groups -OCH3 is 1. The van der Waals surface area contributed by atoms with E-state index in [1.807, 2.05) is 12.3 Å². The van der Waals surface area contributed by atoms with Gasteiger partial charge in [0.25, 0.3) is 0 Å². The largest absolute Gasteiger partial charge is 0.480 e. The predicted molar refractivity (Wildman–Crippen MR) is 79.1 cm³/mol. The van der Waals surface area contributed by atoms with Gasteiger partial charge >= 0.3 is 12.0 Å². The van der Waals surface area contributed by atoms with Gasteiger partial charge in [-0.3, -0.25) is 0 Å². The molecule has 0 aliphatic carbocycles. The number of nitrogens with zero attached hydrogens (tertiary/aromatic N) is 1. The number of urea groups is 1. The summed E-state index contributed by atoms with van der Waals surface area (Å²) in [6.45, 7) is 1.68. The third kappa shape index (κ3) is 5.42. The fraction of sp³-hybridized carbons (Fsp3) is 0.692. The first-order valence-corrected chi connectivity index (χ1v) is 7.92. The second kappa shape index (κ2) is 8.86. The van der Waals surface area contributed by atoms with E-state index in [4.69, 9.17) is 9.84 Å². The molecule has 20 heavy (non-hydrogen) atoms. The highest BCUT2D eigenvalue weighted by atomic mass is 32.2. The average molecular weight is 302 g/mol. The number of amides is 2. The number of ether oxygens (including phenoxy) is 1. The Morgan fingerprint density at radius 3 is 2.85 bits per heavy atom. The molecule has 1 unspecified atom stereocenters. The lowest BCUT2D eigenvalue weighted by Crippen LogP contribution is -2.49. The van der Waals surface area contributed by atoms with Gasteiger partial charge in [0.2, 0.25) is 0 Å². The zero-order valence-corrected chi connectivity index (χ0v) is 12.7. The summed E-state index contributed by atoms with van der Waals surface area (Å²) in [6, 6.07) is -1.13. The number of hydrogen-bond acceptors (Lipinski definition) is 4. The number of thioether (sulfide) groups is 1. The number of nitrogens with one attached hydrogen (secondary N) is 1. The highest BCUT2D eigenvalue weighted by molar-refractivity contribution is 7.98. The first-order chi connectivity index (χ1) is 9.58. The molecule has 0 bridgehead atoms. The summed E-state index contributed by atoms with van der Waals surface area (Å²) in [5.74, 6) is -0.283. The van der Waals surface area contributed by atoms with E-state index in [0.717, 1.165) is 6.42 Å². The molecule has 1 heterocycles. The van der Waals surface area contributed by atoms with Crippen LogP contribution in [0.3, 0.4) is 0 Å². The standard InChI is InChI=1S/C13H22N2O4S/c1-19-9-10-3-6-15(7-4-10)13(18)14-11(12(16)17)5-8-20-2/h3,11H,4-9H2,1-2H3,(H,14,18)(H,16,17). The molecular formula is C13H22N2O4S. The number of carboxylic acid groups (broad SMARTS) is 1. The highest BCUT2D eigenvalue weighted by Gasteiger charge is 2.23. The molecule has 7 heteroatoms. The summed E-state index contributed by atoms with van der Waals surface area (Å²) in [6.07, 6.45) is 5.07. The van der Waals surface area contributed by atoms with Crippen LogP contribution in [-0.4, -0.2) is 66.9 Å². The molecular weight excluding hydrogens is 280 g/mol. The smallest absolute Gasteiger partial charge is 0.326 e. The summed E-state index contributed by atoms with van der Waals surface area (Å²) in [7, 11) is 1.64. The van der Waals surface area contributed by atoms with E-state index in [9.17, 15) is 9.59 Å². The molecule has 2 N–H and O–H groups in total. The van der Waals surface area contributed by atoms with Gasteiger partial charge in [-0.25, -0.2) is 9.59 Å². The SMILES string of the molecule is COCC1=CCN(C(=O)NC(CCSC)C(=O)O)CC1. The van der Waals surface area contributed by atoms with Gasteiger partial charge in [0.1, 0.15) is 6.04 Å². The zero-order valence-electron chi connectivity index (χ0n) is 11.9. The van der Waals surface area contributed by atoms with Crippen molar-refractivity contribution in [1.29, 1.82) is 0 Å². The number of carbonyl (C=O) groups excluding carboxylic acids is 1. The maximum atomic E-state index is 12.0. The fourth-order valence-electron chi connectivity index (χ4n) is 1.95. The Kier molecular flexibility index (Phi) is 7.46. The molecule has 1 atom stereocenters. The van der Waals surface area contributed by atoms with E-state index in [2.05, 4.69) is 5.32 Å². The van der Waals surface area contributed by atoms with Gasteiger partial charge in [0, 0.05) is 20.2 Å². The van der Waals surface area contributed by atoms with Gasteiger partial charge in [-0.1, -0.05) is 6.08 Å². The minimum atomic E-state index is -0.986. The lowest BCUT2D eigenvalue weighted by atomic mass is 10.1. The van der Waals surface area contributed by atoms with Gasteiger partial charge in [0.05, 0.1) is 6.61 Å². The molecule has 0 saturated heterocycles. The molecule has 0 spiro atoms. The van der Waals surface area contributed by atoms with Crippen LogP contribution in [0.5, 0.6) is 0 Å². The van der Waals surface area contributed by atoms with Crippen molar-refractivity contribution in [3.8, 4) is 0 Å². The first kappa shape index (κ1) is 16.8. The Hall–Kier alpha value is -1.21. The molecule has 6 nitrogen and oxygen atoms in total. The van der Waals surface area contributed by atoms with E-state index in [1.54, 1.807) is 23.8 Å². The van der Waals surface area contributed by atoms with Crippen LogP contribution < -0.4 is 5.32 Å². The molecule has 0 aromatic carbocycles. The summed E-state index contributed by atoms with van der Waals surface area (Å²) >= 11 is 1.56. The topological polar surface area (TPSA) is 78.9 Å². The zero-order chi connectivity index (χ0) is 15.0. The summed E-state index contributed by atoms with van der Waals surface area (Å²) in [5.41, 5.74) is 1.17. The van der Waals surface area contributed by atoms with Crippen molar-refractivity contribution in [1.82, 2.24) is 10.2 Å². The maximum Gasteiger partial charge on any atom is 0.326 e. The minimum Gasteiger partial charge on any atom is -0.480 e. The second-order valence-corrected chi connectivity index (χ2v) is 5.60. The molecule has 1 rings (SSSR count). The van der Waals surface area contributed by atoms with Crippen LogP contribution in [-0.2, 0) is 9.53 Å². The van der Waals surface area contributed by atoms with Gasteiger partial charge in [0.15, 0.2) is 0 Å². The summed E-state index contributed by atoms with van der Waals surface area (Å²) in [5, 5.41) is 11.7. The van der Waals surface area contributed by atoms with E-state index in [-0.39, 0.29) is 6.03 Å². The number of aliphatic carboxylic acids is 1. The van der Waals surface area contributed by atoms with Gasteiger partial charge in [-0.05, 0) is 30.4 Å². The third-order valence-corrected chi connectivity index (χ3v) is 3.77. The Morgan fingerprint density at radius 1 is 1.60 bits per heavy atom. The van der Waals surface area contributed by atoms with Crippen molar-refractivity contribution in [3.63, 3.8) is 0 Å². The lowest BCUT2D eigenvalue weighted by molar-refractivity contribution is -0.139. The monoisotopic (exact) mass is 302 g/mol. The van der Waals surface area contributed by atoms with Crippen molar-refractivity contribution < 1.29 is 19.4 Å². The van der Waals surface area contributed by atoms with Crippen molar-refractivity contribution in [2.45, 2.75) is 18.9 Å². The fourth-order valence-corrected chi connectivity index (χ4v) is 2.42. The van der Waals surface area contributed by atoms with Gasteiger partial charge < -0.3 is 20.1 Å². The molecule has 1 aliphatic rings. The molecule has 114 valence electrons. The van der Waals surface area contributed by atoms with Crippen LogP contribution >= 0.6 is 11.8 Å². The Morgan fingerprint density at radius 2 is 2.35 bits per heavy atom. The Balaban J connectivity index is 2.47. The predicted octanol–water partition coefficient (Wildman–Crippen LogP) is 1.18. The number of carboxylic acids is 1. The van der Waals surface area contributed by atoms with Crippen LogP contribution in [0.15, 0.2) is 11.6 Å². The number of carbonyl (C=O) groups is 2. The molecule has 1 aliphatic heterocycles. The van der Waals surface area contributed by atoms with Gasteiger partial charge in [-0.2, -0.15) is 11.8 Å². The second-order valence-electron chi connectivity index (χ2n) is 4.61. The number of rotatable bonds is 7. The maximum absolute atomic E-state index is 12.0. The van der Waals surface area contributed by atoms with Gasteiger partial charge in [-0.15, -0.1) is 0 Å². The highest BCUT2D eigenvalue weighted by Crippen LogP contribution is 2.11. The molecule has 0 aromatic rings. The summed E-state index contributed by atoms with van der Waals surface area (Å²) < 4.78 is 5.05. The van der Waals surface area contributed by atoms with E-state index in [0.29, 0.717) is 31.9 Å². The van der Waals surface area contributed by atoms with E-state index < -0.39 is 12.0 Å². The van der Waals surface area contributed by atoms with Crippen LogP contribution in [0, 0.1) is 0 Å². The van der Waals surface area contributed by atoms with Crippen molar-refractivity contribution in [2.24, 2.45) is 0 Å². The molecule has 0 radical (unpaired) electrons. The minimum absolute atomic E-state index is 0.314. The lowest BCUT2D eigenvalue weighted by Gasteiger charge is -2.28. The molecule has 0 fully saturated rings. The molecule has 0 aromatic heterocycles. The van der Waals surface area contributed by atoms with Crippen LogP contribution in [0.25, 0.3) is 0 Å². The van der Waals surface area contributed by atoms with Crippen molar-refractivity contribution in [2.75, 3.05) is 38.8 Å². The molecule has 2 amide bonds. The molecule has 0 saturated carbocycles. The van der Waals surface area contributed by atoms with Crippen molar-refractivity contribution in [3.05, 3.63) is 11.6 Å². The Bertz CT molecular complexity index is 373. The van der Waals surface area contributed by atoms with Crippen LogP contribution in [0.4, 0.5) is 4.79 Å². The van der Waals surface area contributed by atoms with E-state index in [1.165, 1.54) is 5.57 Å². The normalized spacial score (nSPS) is 16.5. The number of hydrogen-bond donors (Lipinski definition) is 2. The quantitative estimate of drug-likeness (QED) is 0.690. The third-order valence-electron chi connectivity index (χ3n) is 3.13. The van der Waals surface area contributed by atoms with Crippen LogP contribution in [0.2, 0.25) is 0 Å². The van der Waals surface area contributed by atoms with E-state index >= 15 is 0 Å². The Labute approximate surface area is 123 Å². The summed E-state index contributed by atoms with van der Waals surface area (Å²) in [4.78, 5) is 24.7. The van der Waals surface area contributed by atoms with Crippen LogP contribution in [0.1, 0.15) is 12.8 Å². The first-order valence-electron chi connectivity index (χ1n) is 6.52.